The number of nitrogens with one attached hydrogen (secondary N) is 4. The number of hydrogen-bond acceptors (Lipinski definition) is 8. The lowest BCUT2D eigenvalue weighted by atomic mass is 9.82. The smallest absolute Gasteiger partial charge is 0.289 e. The van der Waals surface area contributed by atoms with E-state index >= 15 is 0 Å². The van der Waals surface area contributed by atoms with Crippen LogP contribution in [0.4, 0.5) is 0 Å². The first-order chi connectivity index (χ1) is 26.7. The summed E-state index contributed by atoms with van der Waals surface area (Å²) < 4.78 is 0. The fraction of sp³-hybridized carbons (Fsp3) is 0.628. The number of nitrogens with zero attached hydrogens (tertiary/aromatic N) is 3. The molecular weight excluding hydrogens is 711 g/mol. The summed E-state index contributed by atoms with van der Waals surface area (Å²) in [6, 6.07) is 3.86. The van der Waals surface area contributed by atoms with Gasteiger partial charge in [-0.2, -0.15) is 0 Å². The van der Waals surface area contributed by atoms with Crippen molar-refractivity contribution < 1.29 is 28.8 Å². The Labute approximate surface area is 331 Å². The molecule has 0 spiro atoms. The molecule has 1 aliphatic heterocycles. The molecule has 2 heterocycles. The van der Waals surface area contributed by atoms with Gasteiger partial charge in [0, 0.05) is 25.0 Å². The van der Waals surface area contributed by atoms with Gasteiger partial charge in [-0.25, -0.2) is 4.98 Å². The van der Waals surface area contributed by atoms with Gasteiger partial charge in [0.15, 0.2) is 0 Å². The Kier molecular flexibility index (Phi) is 14.4. The topological polar surface area (TPSA) is 180 Å². The number of hydrogen-bond donors (Lipinski definition) is 4. The first-order valence-corrected chi connectivity index (χ1v) is 20.6. The maximum Gasteiger partial charge on any atom is 0.289 e. The molecule has 2 aromatic rings. The predicted octanol–water partition coefficient (Wildman–Crippen LogP) is 4.22. The average Bonchev–Trinajstić information content (AvgIpc) is 3.78. The zero-order valence-corrected chi connectivity index (χ0v) is 33.9. The number of Topliss-reactive ketones (excluding diaryl/α,β-unsaturated/α-hetero) is 1. The second kappa shape index (κ2) is 19.0. The molecule has 1 aromatic carbocycles. The highest BCUT2D eigenvalue weighted by Crippen LogP contribution is 2.43. The molecule has 56 heavy (non-hydrogen) atoms. The normalized spacial score (nSPS) is 21.9. The van der Waals surface area contributed by atoms with Crippen molar-refractivity contribution in [3.05, 3.63) is 59.7 Å². The molecule has 3 aliphatic rings. The maximum atomic E-state index is 14.8. The molecule has 13 nitrogen and oxygen atoms in total. The SMILES string of the molecule is CCC[C@H](NC(=O)[C@@H]1[C@H]2CCC[C@H]2CN1C(=O)[C@@H](NC(=O)[C@@H](NC(=O)c1cnccn1)C1CCCCC1)C(C)(C)C)C(=O)C(=O)N[C@@H](C)Cc1ccc(C)cc1. The van der Waals surface area contributed by atoms with Crippen LogP contribution in [0.1, 0.15) is 120 Å². The molecule has 13 heteroatoms. The van der Waals surface area contributed by atoms with Gasteiger partial charge in [-0.1, -0.05) is 89.6 Å². The van der Waals surface area contributed by atoms with Gasteiger partial charge in [0.1, 0.15) is 23.8 Å². The van der Waals surface area contributed by atoms with Crippen molar-refractivity contribution in [2.45, 2.75) is 142 Å². The third-order valence-corrected chi connectivity index (χ3v) is 11.8. The second-order valence-corrected chi connectivity index (χ2v) is 17.3. The van der Waals surface area contributed by atoms with Gasteiger partial charge in [0.2, 0.25) is 23.5 Å². The zero-order chi connectivity index (χ0) is 40.6. The van der Waals surface area contributed by atoms with E-state index in [1.54, 1.807) is 4.90 Å². The fourth-order valence-corrected chi connectivity index (χ4v) is 8.81. The summed E-state index contributed by atoms with van der Waals surface area (Å²) in [6.45, 7) is 11.7. The number of ketones is 1. The zero-order valence-electron chi connectivity index (χ0n) is 33.9. The van der Waals surface area contributed by atoms with Gasteiger partial charge in [-0.15, -0.1) is 0 Å². The minimum atomic E-state index is -1.05. The van der Waals surface area contributed by atoms with E-state index in [1.807, 2.05) is 65.8 Å². The first kappa shape index (κ1) is 42.5. The van der Waals surface area contributed by atoms with Crippen molar-refractivity contribution in [2.24, 2.45) is 23.2 Å². The van der Waals surface area contributed by atoms with Crippen LogP contribution in [0.15, 0.2) is 42.9 Å². The van der Waals surface area contributed by atoms with Gasteiger partial charge in [0.05, 0.1) is 12.2 Å². The van der Waals surface area contributed by atoms with Crippen LogP contribution in [0.25, 0.3) is 0 Å². The van der Waals surface area contributed by atoms with Crippen LogP contribution in [0, 0.1) is 30.1 Å². The number of fused-ring (bicyclic) bond motifs is 1. The van der Waals surface area contributed by atoms with Crippen LogP contribution in [-0.2, 0) is 30.4 Å². The van der Waals surface area contributed by atoms with E-state index in [9.17, 15) is 28.8 Å². The van der Waals surface area contributed by atoms with Crippen molar-refractivity contribution >= 4 is 35.3 Å². The molecule has 0 bridgehead atoms. The largest absolute Gasteiger partial charge is 0.347 e. The molecule has 4 N–H and O–H groups in total. The van der Waals surface area contributed by atoms with Crippen LogP contribution in [0.3, 0.4) is 0 Å². The van der Waals surface area contributed by atoms with Gasteiger partial charge in [-0.05, 0) is 81.1 Å². The lowest BCUT2D eigenvalue weighted by molar-refractivity contribution is -0.146. The highest BCUT2D eigenvalue weighted by molar-refractivity contribution is 6.38. The average molecular weight is 772 g/mol. The van der Waals surface area contributed by atoms with Crippen LogP contribution in [0.5, 0.6) is 0 Å². The van der Waals surface area contributed by atoms with E-state index < -0.39 is 59.0 Å². The number of aryl methyl sites for hydroxylation is 1. The van der Waals surface area contributed by atoms with Crippen molar-refractivity contribution in [1.82, 2.24) is 36.1 Å². The fourth-order valence-electron chi connectivity index (χ4n) is 8.81. The standard InChI is InChI=1S/C43H61N7O6/c1-7-12-32(36(51)41(55)46-27(3)23-28-19-17-26(2)18-20-28)47-40(54)35-31-16-11-15-30(31)25-50(35)42(56)37(43(4,5)6)49-39(53)34(29-13-9-8-10-14-29)48-38(52)33-24-44-21-22-45-33/h17-22,24,27,29-32,34-35,37H,7-16,23,25H2,1-6H3,(H,46,55)(H,47,54)(H,48,52)(H,49,53)/t27-,30-,31-,32-,34-,35-,37+/m0/s1. The van der Waals surface area contributed by atoms with E-state index in [4.69, 9.17) is 0 Å². The van der Waals surface area contributed by atoms with E-state index in [-0.39, 0.29) is 41.8 Å². The van der Waals surface area contributed by atoms with E-state index in [1.165, 1.54) is 18.6 Å². The summed E-state index contributed by atoms with van der Waals surface area (Å²) in [6.07, 6.45) is 12.6. The molecular formula is C43H61N7O6. The number of carbonyl (C=O) groups excluding carboxylic acids is 6. The summed E-state index contributed by atoms with van der Waals surface area (Å²) in [5.41, 5.74) is 1.50. The molecule has 1 saturated heterocycles. The van der Waals surface area contributed by atoms with Gasteiger partial charge in [-0.3, -0.25) is 33.8 Å². The molecule has 0 unspecified atom stereocenters. The lowest BCUT2D eigenvalue weighted by Crippen LogP contribution is -2.62. The van der Waals surface area contributed by atoms with Crippen LogP contribution < -0.4 is 21.3 Å². The summed E-state index contributed by atoms with van der Waals surface area (Å²) in [4.78, 5) is 93.1. The number of rotatable bonds is 15. The number of likely N-dealkylation sites (tertiary alicyclic amines) is 1. The Balaban J connectivity index is 1.32. The van der Waals surface area contributed by atoms with Crippen LogP contribution in [-0.4, -0.2) is 86.9 Å². The summed E-state index contributed by atoms with van der Waals surface area (Å²) in [5.74, 6) is -3.44. The Morgan fingerprint density at radius 1 is 0.875 bits per heavy atom. The molecule has 3 fully saturated rings. The number of carbonyl (C=O) groups is 6. The maximum absolute atomic E-state index is 14.8. The van der Waals surface area contributed by atoms with Gasteiger partial charge < -0.3 is 26.2 Å². The Morgan fingerprint density at radius 3 is 2.23 bits per heavy atom. The van der Waals surface area contributed by atoms with Crippen molar-refractivity contribution in [2.75, 3.05) is 6.54 Å². The lowest BCUT2D eigenvalue weighted by Gasteiger charge is -2.38. The molecule has 304 valence electrons. The van der Waals surface area contributed by atoms with E-state index in [0.717, 1.165) is 62.5 Å². The second-order valence-electron chi connectivity index (χ2n) is 17.3. The number of benzene rings is 1. The number of amides is 5. The highest BCUT2D eigenvalue weighted by atomic mass is 16.2. The molecule has 7 atom stereocenters. The van der Waals surface area contributed by atoms with Crippen LogP contribution in [0.2, 0.25) is 0 Å². The third-order valence-electron chi connectivity index (χ3n) is 11.8. The molecule has 2 aliphatic carbocycles. The molecule has 5 amide bonds. The minimum Gasteiger partial charge on any atom is -0.347 e. The summed E-state index contributed by atoms with van der Waals surface area (Å²) >= 11 is 0. The first-order valence-electron chi connectivity index (χ1n) is 20.6. The summed E-state index contributed by atoms with van der Waals surface area (Å²) in [7, 11) is 0. The van der Waals surface area contributed by atoms with Crippen molar-refractivity contribution in [1.29, 1.82) is 0 Å². The quantitative estimate of drug-likeness (QED) is 0.194. The Bertz CT molecular complexity index is 1710. The monoisotopic (exact) mass is 771 g/mol. The van der Waals surface area contributed by atoms with Gasteiger partial charge in [0.25, 0.3) is 11.8 Å². The summed E-state index contributed by atoms with van der Waals surface area (Å²) in [5, 5.41) is 11.6. The van der Waals surface area contributed by atoms with Crippen LogP contribution >= 0.6 is 0 Å². The Morgan fingerprint density at radius 2 is 1.59 bits per heavy atom. The highest BCUT2D eigenvalue weighted by Gasteiger charge is 2.52. The Hall–Kier alpha value is -4.68. The predicted molar refractivity (Wildman–Crippen MR) is 212 cm³/mol. The third kappa shape index (κ3) is 10.6. The molecule has 5 rings (SSSR count). The number of aromatic nitrogens is 2. The molecule has 0 radical (unpaired) electrons. The minimum absolute atomic E-state index is 0.0936. The van der Waals surface area contributed by atoms with Crippen molar-refractivity contribution in [3.63, 3.8) is 0 Å². The van der Waals surface area contributed by atoms with E-state index in [0.29, 0.717) is 19.4 Å². The van der Waals surface area contributed by atoms with Gasteiger partial charge >= 0.3 is 0 Å². The van der Waals surface area contributed by atoms with E-state index in [2.05, 4.69) is 31.2 Å². The van der Waals surface area contributed by atoms with Crippen molar-refractivity contribution in [3.8, 4) is 0 Å². The molecule has 1 aromatic heterocycles. The molecule has 2 saturated carbocycles.